The molecular weight excluding hydrogens is 265 g/mol. The third kappa shape index (κ3) is 2.51. The second kappa shape index (κ2) is 4.77. The van der Waals surface area contributed by atoms with E-state index in [1.54, 1.807) is 6.07 Å². The molecule has 7 heteroatoms. The van der Waals surface area contributed by atoms with Crippen LogP contribution in [0, 0.1) is 0 Å². The summed E-state index contributed by atoms with van der Waals surface area (Å²) in [6.45, 7) is 0. The number of alkyl halides is 3. The summed E-state index contributed by atoms with van der Waals surface area (Å²) in [4.78, 5) is 15.1. The topological polar surface area (TPSA) is 33.2 Å². The fourth-order valence-corrected chi connectivity index (χ4v) is 2.00. The van der Waals surface area contributed by atoms with Crippen LogP contribution in [0.1, 0.15) is 10.4 Å². The van der Waals surface area contributed by atoms with Crippen LogP contribution >= 0.6 is 11.3 Å². The number of aromatic nitrogens is 1. The van der Waals surface area contributed by atoms with Crippen LogP contribution in [0.25, 0.3) is 0 Å². The lowest BCUT2D eigenvalue weighted by atomic mass is 10.2. The second-order valence-electron chi connectivity index (χ2n) is 3.29. The zero-order chi connectivity index (χ0) is 13.2. The number of carbonyl (C=O) groups is 1. The Morgan fingerprint density at radius 2 is 1.89 bits per heavy atom. The van der Waals surface area contributed by atoms with Crippen LogP contribution in [0.3, 0.4) is 0 Å². The molecule has 0 radical (unpaired) electrons. The van der Waals surface area contributed by atoms with Crippen LogP contribution in [-0.2, 0) is 0 Å². The maximum Gasteiger partial charge on any atom is 0.493 e. The van der Waals surface area contributed by atoms with Crippen LogP contribution in [-0.4, -0.2) is 17.2 Å². The summed E-state index contributed by atoms with van der Waals surface area (Å²) in [5.41, 5.74) is -0.0370. The number of halogens is 3. The Balaban J connectivity index is 2.40. The molecule has 0 saturated heterocycles. The number of amides is 1. The van der Waals surface area contributed by atoms with Gasteiger partial charge in [-0.05, 0) is 12.1 Å². The third-order valence-electron chi connectivity index (χ3n) is 2.09. The van der Waals surface area contributed by atoms with Crippen molar-refractivity contribution in [2.24, 2.45) is 0 Å². The van der Waals surface area contributed by atoms with Crippen molar-refractivity contribution in [2.45, 2.75) is 6.30 Å². The first-order valence-electron chi connectivity index (χ1n) is 4.86. The minimum absolute atomic E-state index is 0.0370. The van der Waals surface area contributed by atoms with E-state index in [0.29, 0.717) is 0 Å². The molecule has 0 aliphatic carbocycles. The predicted octanol–water partition coefficient (Wildman–Crippen LogP) is 3.31. The number of benzene rings is 1. The molecule has 0 N–H and O–H groups in total. The monoisotopic (exact) mass is 272 g/mol. The summed E-state index contributed by atoms with van der Waals surface area (Å²) in [6.07, 6.45) is -3.58. The maximum absolute atomic E-state index is 12.9. The average molecular weight is 272 g/mol. The molecule has 3 nitrogen and oxygen atoms in total. The van der Waals surface area contributed by atoms with Crippen molar-refractivity contribution >= 4 is 22.4 Å². The summed E-state index contributed by atoms with van der Waals surface area (Å²) in [7, 11) is 0. The smallest absolute Gasteiger partial charge is 0.268 e. The Kier molecular flexibility index (Phi) is 3.33. The minimum Gasteiger partial charge on any atom is -0.268 e. The van der Waals surface area contributed by atoms with Crippen LogP contribution in [0.5, 0.6) is 0 Å². The first kappa shape index (κ1) is 12.6. The lowest BCUT2D eigenvalue weighted by molar-refractivity contribution is -0.122. The SMILES string of the molecule is O=C(c1ccccc1)N(c1nccs1)C(F)(F)F. The van der Waals surface area contributed by atoms with E-state index in [4.69, 9.17) is 0 Å². The van der Waals surface area contributed by atoms with Crippen molar-refractivity contribution < 1.29 is 18.0 Å². The summed E-state index contributed by atoms with van der Waals surface area (Å²) >= 11 is 0.755. The quantitative estimate of drug-likeness (QED) is 0.786. The average Bonchev–Trinajstić information content (AvgIpc) is 2.82. The van der Waals surface area contributed by atoms with E-state index in [1.165, 1.54) is 35.8 Å². The predicted molar refractivity (Wildman–Crippen MR) is 61.4 cm³/mol. The van der Waals surface area contributed by atoms with E-state index in [0.717, 1.165) is 11.3 Å². The maximum atomic E-state index is 12.9. The molecule has 0 fully saturated rings. The normalized spacial score (nSPS) is 11.3. The van der Waals surface area contributed by atoms with Crippen molar-refractivity contribution in [1.29, 1.82) is 0 Å². The van der Waals surface area contributed by atoms with Crippen LogP contribution < -0.4 is 4.90 Å². The van der Waals surface area contributed by atoms with E-state index < -0.39 is 17.3 Å². The highest BCUT2D eigenvalue weighted by molar-refractivity contribution is 7.13. The van der Waals surface area contributed by atoms with Gasteiger partial charge in [-0.25, -0.2) is 4.98 Å². The largest absolute Gasteiger partial charge is 0.493 e. The first-order chi connectivity index (χ1) is 8.50. The second-order valence-corrected chi connectivity index (χ2v) is 4.16. The van der Waals surface area contributed by atoms with Gasteiger partial charge in [0, 0.05) is 17.1 Å². The fourth-order valence-electron chi connectivity index (χ4n) is 1.35. The van der Waals surface area contributed by atoms with E-state index in [2.05, 4.69) is 4.98 Å². The number of hydrogen-bond acceptors (Lipinski definition) is 3. The molecule has 2 rings (SSSR count). The highest BCUT2D eigenvalue weighted by Gasteiger charge is 2.44. The number of anilines is 1. The van der Waals surface area contributed by atoms with Gasteiger partial charge in [-0.3, -0.25) is 4.79 Å². The Hall–Kier alpha value is -1.89. The Labute approximate surface area is 104 Å². The molecule has 0 unspecified atom stereocenters. The van der Waals surface area contributed by atoms with Gasteiger partial charge in [0.1, 0.15) is 0 Å². The first-order valence-corrected chi connectivity index (χ1v) is 5.74. The summed E-state index contributed by atoms with van der Waals surface area (Å²) < 4.78 is 38.7. The molecule has 0 atom stereocenters. The molecule has 1 aromatic carbocycles. The molecule has 1 heterocycles. The Bertz CT molecular complexity index is 525. The summed E-state index contributed by atoms with van der Waals surface area (Å²) in [6, 6.07) is 7.29. The molecule has 94 valence electrons. The standard InChI is InChI=1S/C11H7F3N2OS/c12-11(13,14)16(10-15-6-7-18-10)9(17)8-4-2-1-3-5-8/h1-7H. The lowest BCUT2D eigenvalue weighted by Crippen LogP contribution is -2.43. The van der Waals surface area contributed by atoms with Crippen LogP contribution in [0.2, 0.25) is 0 Å². The highest BCUT2D eigenvalue weighted by atomic mass is 32.1. The van der Waals surface area contributed by atoms with Crippen molar-refractivity contribution in [3.05, 3.63) is 47.5 Å². The summed E-state index contributed by atoms with van der Waals surface area (Å²) in [5, 5.41) is 0.989. The van der Waals surface area contributed by atoms with Crippen molar-refractivity contribution in [1.82, 2.24) is 4.98 Å². The van der Waals surface area contributed by atoms with Gasteiger partial charge in [0.15, 0.2) is 5.13 Å². The lowest BCUT2D eigenvalue weighted by Gasteiger charge is -2.22. The molecule has 0 bridgehead atoms. The zero-order valence-electron chi connectivity index (χ0n) is 8.89. The molecule has 1 amide bonds. The van der Waals surface area contributed by atoms with Gasteiger partial charge in [0.05, 0.1) is 0 Å². The minimum atomic E-state index is -4.80. The molecule has 2 aromatic rings. The molecule has 0 aliphatic rings. The number of thiazole rings is 1. The van der Waals surface area contributed by atoms with Crippen LogP contribution in [0.4, 0.5) is 18.3 Å². The Morgan fingerprint density at radius 3 is 2.39 bits per heavy atom. The molecular formula is C11H7F3N2OS. The molecule has 0 spiro atoms. The van der Waals surface area contributed by atoms with Gasteiger partial charge in [0.2, 0.25) is 0 Å². The van der Waals surface area contributed by atoms with Gasteiger partial charge in [-0.1, -0.05) is 18.2 Å². The van der Waals surface area contributed by atoms with Crippen molar-refractivity contribution in [3.8, 4) is 0 Å². The van der Waals surface area contributed by atoms with Crippen molar-refractivity contribution in [3.63, 3.8) is 0 Å². The molecule has 0 aliphatic heterocycles. The number of rotatable bonds is 2. The third-order valence-corrected chi connectivity index (χ3v) is 2.84. The van der Waals surface area contributed by atoms with Crippen molar-refractivity contribution in [2.75, 3.05) is 4.90 Å². The summed E-state index contributed by atoms with van der Waals surface area (Å²) in [5.74, 6) is -1.14. The Morgan fingerprint density at radius 1 is 1.22 bits per heavy atom. The van der Waals surface area contributed by atoms with Gasteiger partial charge in [0.25, 0.3) is 5.91 Å². The van der Waals surface area contributed by atoms with Crippen LogP contribution in [0.15, 0.2) is 41.9 Å². The van der Waals surface area contributed by atoms with Gasteiger partial charge < -0.3 is 0 Å². The molecule has 18 heavy (non-hydrogen) atoms. The number of hydrogen-bond donors (Lipinski definition) is 0. The van der Waals surface area contributed by atoms with Gasteiger partial charge in [-0.15, -0.1) is 24.5 Å². The highest BCUT2D eigenvalue weighted by Crippen LogP contribution is 2.31. The van der Waals surface area contributed by atoms with Gasteiger partial charge >= 0.3 is 6.30 Å². The fraction of sp³-hybridized carbons (Fsp3) is 0.0909. The van der Waals surface area contributed by atoms with E-state index in [-0.39, 0.29) is 10.5 Å². The van der Waals surface area contributed by atoms with E-state index >= 15 is 0 Å². The van der Waals surface area contributed by atoms with Gasteiger partial charge in [-0.2, -0.15) is 4.90 Å². The number of carbonyl (C=O) groups excluding carboxylic acids is 1. The molecule has 1 aromatic heterocycles. The van der Waals surface area contributed by atoms with E-state index in [1.807, 2.05) is 0 Å². The molecule has 0 saturated carbocycles. The number of nitrogens with zero attached hydrogens (tertiary/aromatic N) is 2. The van der Waals surface area contributed by atoms with E-state index in [9.17, 15) is 18.0 Å². The zero-order valence-corrected chi connectivity index (χ0v) is 9.70.